The standard InChI is InChI=1S/C27H36N4O5/c1-17(2)11-12-31-25(27(33)36-6)24(30-23(32)16-34-4)22-14-20(15-28-26(22)31)29-18(3)13-19-7-9-21(35-5)10-8-19/h7-10,14-15,17-18,29H,11-13,16H2,1-6H3,(H,30,32)/t18-/m1/s1. The summed E-state index contributed by atoms with van der Waals surface area (Å²) in [5.74, 6) is 0.336. The van der Waals surface area contributed by atoms with Gasteiger partial charge in [0.2, 0.25) is 5.91 Å². The molecule has 0 aliphatic carbocycles. The zero-order valence-corrected chi connectivity index (χ0v) is 21.9. The van der Waals surface area contributed by atoms with Crippen LogP contribution in [-0.2, 0) is 27.2 Å². The van der Waals surface area contributed by atoms with Gasteiger partial charge in [-0.05, 0) is 49.4 Å². The van der Waals surface area contributed by atoms with Crippen molar-refractivity contribution in [3.63, 3.8) is 0 Å². The van der Waals surface area contributed by atoms with Crippen molar-refractivity contribution in [3.05, 3.63) is 47.8 Å². The van der Waals surface area contributed by atoms with E-state index in [1.165, 1.54) is 19.8 Å². The molecular formula is C27H36N4O5. The number of ether oxygens (including phenoxy) is 3. The van der Waals surface area contributed by atoms with Crippen LogP contribution in [0.5, 0.6) is 5.75 Å². The number of pyridine rings is 1. The normalized spacial score (nSPS) is 12.0. The molecule has 0 bridgehead atoms. The van der Waals surface area contributed by atoms with E-state index in [-0.39, 0.29) is 24.2 Å². The van der Waals surface area contributed by atoms with E-state index >= 15 is 0 Å². The summed E-state index contributed by atoms with van der Waals surface area (Å²) in [5, 5.41) is 6.98. The molecule has 0 saturated carbocycles. The van der Waals surface area contributed by atoms with Crippen molar-refractivity contribution in [2.24, 2.45) is 5.92 Å². The fraction of sp³-hybridized carbons (Fsp3) is 0.444. The van der Waals surface area contributed by atoms with Gasteiger partial charge in [0, 0.05) is 25.1 Å². The number of fused-ring (bicyclic) bond motifs is 1. The third-order valence-electron chi connectivity index (χ3n) is 5.86. The van der Waals surface area contributed by atoms with E-state index < -0.39 is 5.97 Å². The van der Waals surface area contributed by atoms with E-state index in [9.17, 15) is 9.59 Å². The molecule has 3 aromatic rings. The average molecular weight is 497 g/mol. The predicted octanol–water partition coefficient (Wildman–Crippen LogP) is 4.51. The highest BCUT2D eigenvalue weighted by Crippen LogP contribution is 2.33. The number of carbonyl (C=O) groups excluding carboxylic acids is 2. The van der Waals surface area contributed by atoms with Crippen LogP contribution in [0.15, 0.2) is 36.5 Å². The molecule has 0 unspecified atom stereocenters. The Morgan fingerprint density at radius 3 is 2.42 bits per heavy atom. The van der Waals surface area contributed by atoms with Crippen LogP contribution in [-0.4, -0.2) is 55.4 Å². The molecule has 9 nitrogen and oxygen atoms in total. The van der Waals surface area contributed by atoms with Crippen molar-refractivity contribution in [1.82, 2.24) is 9.55 Å². The number of hydrogen-bond donors (Lipinski definition) is 2. The van der Waals surface area contributed by atoms with Gasteiger partial charge in [-0.25, -0.2) is 9.78 Å². The molecule has 1 atom stereocenters. The first kappa shape index (κ1) is 27.0. The predicted molar refractivity (Wildman–Crippen MR) is 141 cm³/mol. The van der Waals surface area contributed by atoms with E-state index in [0.717, 1.165) is 24.3 Å². The first-order chi connectivity index (χ1) is 17.3. The van der Waals surface area contributed by atoms with Gasteiger partial charge >= 0.3 is 5.97 Å². The molecule has 0 saturated heterocycles. The zero-order valence-electron chi connectivity index (χ0n) is 21.9. The Hall–Kier alpha value is -3.59. The summed E-state index contributed by atoms with van der Waals surface area (Å²) in [7, 11) is 4.42. The monoisotopic (exact) mass is 496 g/mol. The van der Waals surface area contributed by atoms with Gasteiger partial charge < -0.3 is 29.4 Å². The van der Waals surface area contributed by atoms with Crippen LogP contribution in [0.4, 0.5) is 11.4 Å². The lowest BCUT2D eigenvalue weighted by Crippen LogP contribution is -2.20. The Bertz CT molecular complexity index is 1190. The minimum Gasteiger partial charge on any atom is -0.497 e. The summed E-state index contributed by atoms with van der Waals surface area (Å²) in [4.78, 5) is 30.0. The molecular weight excluding hydrogens is 460 g/mol. The van der Waals surface area contributed by atoms with E-state index in [0.29, 0.717) is 29.2 Å². The van der Waals surface area contributed by atoms with Crippen LogP contribution >= 0.6 is 0 Å². The average Bonchev–Trinajstić information content (AvgIpc) is 3.15. The summed E-state index contributed by atoms with van der Waals surface area (Å²) in [6.45, 7) is 6.74. The van der Waals surface area contributed by atoms with Crippen molar-refractivity contribution in [1.29, 1.82) is 0 Å². The van der Waals surface area contributed by atoms with Gasteiger partial charge in [0.05, 0.1) is 31.8 Å². The number of methoxy groups -OCH3 is 3. The molecule has 1 amide bonds. The number of aryl methyl sites for hydroxylation is 1. The molecule has 0 aliphatic rings. The molecule has 36 heavy (non-hydrogen) atoms. The number of esters is 1. The smallest absolute Gasteiger partial charge is 0.356 e. The third kappa shape index (κ3) is 6.54. The number of amides is 1. The van der Waals surface area contributed by atoms with Crippen LogP contribution in [0.3, 0.4) is 0 Å². The number of carbonyl (C=O) groups is 2. The van der Waals surface area contributed by atoms with Crippen molar-refractivity contribution >= 4 is 34.3 Å². The Kier molecular flexibility index (Phi) is 9.30. The minimum absolute atomic E-state index is 0.104. The van der Waals surface area contributed by atoms with Crippen LogP contribution in [0.2, 0.25) is 0 Å². The van der Waals surface area contributed by atoms with Crippen LogP contribution in [0, 0.1) is 5.92 Å². The SMILES string of the molecule is COCC(=O)Nc1c(C(=O)OC)n(CCC(C)C)c2ncc(N[C@H](C)Cc3ccc(OC)cc3)cc12. The minimum atomic E-state index is -0.535. The van der Waals surface area contributed by atoms with Crippen molar-refractivity contribution in [2.75, 3.05) is 38.6 Å². The molecule has 9 heteroatoms. The molecule has 0 radical (unpaired) electrons. The second kappa shape index (κ2) is 12.4. The van der Waals surface area contributed by atoms with Crippen LogP contribution in [0.1, 0.15) is 43.2 Å². The van der Waals surface area contributed by atoms with Gasteiger partial charge in [-0.2, -0.15) is 0 Å². The quantitative estimate of drug-likeness (QED) is 0.356. The molecule has 3 rings (SSSR count). The molecule has 1 aromatic carbocycles. The highest BCUT2D eigenvalue weighted by Gasteiger charge is 2.26. The number of aromatic nitrogens is 2. The van der Waals surface area contributed by atoms with Crippen molar-refractivity contribution in [2.45, 2.75) is 46.2 Å². The zero-order chi connectivity index (χ0) is 26.2. The Morgan fingerprint density at radius 2 is 1.81 bits per heavy atom. The van der Waals surface area contributed by atoms with Gasteiger partial charge in [0.1, 0.15) is 18.0 Å². The van der Waals surface area contributed by atoms with E-state index in [1.54, 1.807) is 13.3 Å². The van der Waals surface area contributed by atoms with E-state index in [4.69, 9.17) is 14.2 Å². The van der Waals surface area contributed by atoms with Crippen LogP contribution < -0.4 is 15.4 Å². The van der Waals surface area contributed by atoms with Gasteiger partial charge in [0.15, 0.2) is 5.69 Å². The first-order valence-electron chi connectivity index (χ1n) is 12.1. The lowest BCUT2D eigenvalue weighted by Gasteiger charge is -2.16. The number of nitrogens with zero attached hydrogens (tertiary/aromatic N) is 2. The number of anilines is 2. The fourth-order valence-electron chi connectivity index (χ4n) is 4.10. The Morgan fingerprint density at radius 1 is 1.08 bits per heavy atom. The lowest BCUT2D eigenvalue weighted by molar-refractivity contribution is -0.119. The van der Waals surface area contributed by atoms with Crippen LogP contribution in [0.25, 0.3) is 11.0 Å². The molecule has 2 N–H and O–H groups in total. The molecule has 0 spiro atoms. The molecule has 0 aliphatic heterocycles. The number of rotatable bonds is 12. The summed E-state index contributed by atoms with van der Waals surface area (Å²) in [6, 6.07) is 9.98. The topological polar surface area (TPSA) is 104 Å². The second-order valence-electron chi connectivity index (χ2n) is 9.22. The van der Waals surface area contributed by atoms with Crippen molar-refractivity contribution in [3.8, 4) is 5.75 Å². The van der Waals surface area contributed by atoms with Gasteiger partial charge in [0.25, 0.3) is 0 Å². The Balaban J connectivity index is 1.98. The summed E-state index contributed by atoms with van der Waals surface area (Å²) >= 11 is 0. The second-order valence-corrected chi connectivity index (χ2v) is 9.22. The highest BCUT2D eigenvalue weighted by molar-refractivity contribution is 6.11. The molecule has 2 aromatic heterocycles. The van der Waals surface area contributed by atoms with Gasteiger partial charge in [-0.15, -0.1) is 0 Å². The molecule has 0 fully saturated rings. The summed E-state index contributed by atoms with van der Waals surface area (Å²) < 4.78 is 17.1. The Labute approximate surface area is 212 Å². The van der Waals surface area contributed by atoms with E-state index in [2.05, 4.69) is 36.4 Å². The largest absolute Gasteiger partial charge is 0.497 e. The van der Waals surface area contributed by atoms with E-state index in [1.807, 2.05) is 34.9 Å². The van der Waals surface area contributed by atoms with Gasteiger partial charge in [-0.3, -0.25) is 4.79 Å². The van der Waals surface area contributed by atoms with Crippen molar-refractivity contribution < 1.29 is 23.8 Å². The third-order valence-corrected chi connectivity index (χ3v) is 5.86. The van der Waals surface area contributed by atoms with Gasteiger partial charge in [-0.1, -0.05) is 26.0 Å². The molecule has 2 heterocycles. The number of hydrogen-bond acceptors (Lipinski definition) is 7. The maximum atomic E-state index is 12.8. The maximum absolute atomic E-state index is 12.8. The lowest BCUT2D eigenvalue weighted by atomic mass is 10.1. The highest BCUT2D eigenvalue weighted by atomic mass is 16.5. The fourth-order valence-corrected chi connectivity index (χ4v) is 4.10. The molecule has 194 valence electrons. The first-order valence-corrected chi connectivity index (χ1v) is 12.1. The summed E-state index contributed by atoms with van der Waals surface area (Å²) in [5.41, 5.74) is 3.21. The number of benzene rings is 1. The number of nitrogens with one attached hydrogen (secondary N) is 2. The summed E-state index contributed by atoms with van der Waals surface area (Å²) in [6.07, 6.45) is 3.38. The maximum Gasteiger partial charge on any atom is 0.356 e.